The first-order valence-electron chi connectivity index (χ1n) is 5.73. The molecule has 2 aromatic heterocycles. The van der Waals surface area contributed by atoms with E-state index in [-0.39, 0.29) is 0 Å². The standard InChI is InChI=1S/C14H12ClN3/c1-18-6-2-3-10(9-18)11-7-13-12(16-8-11)4-5-14(15)17-13/h2-8H,9H2,1H3. The van der Waals surface area contributed by atoms with Crippen molar-refractivity contribution < 1.29 is 0 Å². The van der Waals surface area contributed by atoms with Gasteiger partial charge in [-0.3, -0.25) is 4.98 Å². The fourth-order valence-corrected chi connectivity index (χ4v) is 2.18. The van der Waals surface area contributed by atoms with Crippen LogP contribution in [-0.2, 0) is 0 Å². The fourth-order valence-electron chi connectivity index (χ4n) is 2.03. The number of likely N-dealkylation sites (N-methyl/N-ethyl adjacent to an activating group) is 1. The Balaban J connectivity index is 2.08. The molecule has 0 saturated carbocycles. The van der Waals surface area contributed by atoms with Gasteiger partial charge in [-0.05, 0) is 41.6 Å². The van der Waals surface area contributed by atoms with Crippen molar-refractivity contribution in [1.82, 2.24) is 14.9 Å². The van der Waals surface area contributed by atoms with Crippen LogP contribution in [0.3, 0.4) is 0 Å². The molecule has 90 valence electrons. The predicted octanol–water partition coefficient (Wildman–Crippen LogP) is 3.13. The maximum atomic E-state index is 5.91. The number of allylic oxidation sites excluding steroid dienone is 2. The van der Waals surface area contributed by atoms with Crippen molar-refractivity contribution in [2.75, 3.05) is 13.6 Å². The van der Waals surface area contributed by atoms with Crippen LogP contribution < -0.4 is 0 Å². The van der Waals surface area contributed by atoms with Gasteiger partial charge in [0.25, 0.3) is 0 Å². The van der Waals surface area contributed by atoms with Crippen LogP contribution in [0.1, 0.15) is 5.56 Å². The van der Waals surface area contributed by atoms with Gasteiger partial charge in [-0.15, -0.1) is 0 Å². The average molecular weight is 258 g/mol. The van der Waals surface area contributed by atoms with Crippen molar-refractivity contribution in [3.63, 3.8) is 0 Å². The number of fused-ring (bicyclic) bond motifs is 1. The summed E-state index contributed by atoms with van der Waals surface area (Å²) < 4.78 is 0. The summed E-state index contributed by atoms with van der Waals surface area (Å²) in [5.74, 6) is 0. The van der Waals surface area contributed by atoms with Crippen molar-refractivity contribution in [2.24, 2.45) is 0 Å². The lowest BCUT2D eigenvalue weighted by molar-refractivity contribution is 0.512. The SMILES string of the molecule is CN1C=CC=C(c2cnc3ccc(Cl)nc3c2)C1. The molecular weight excluding hydrogens is 246 g/mol. The first kappa shape index (κ1) is 11.2. The molecule has 0 unspecified atom stereocenters. The molecule has 0 N–H and O–H groups in total. The number of nitrogens with zero attached hydrogens (tertiary/aromatic N) is 3. The molecule has 3 heterocycles. The molecule has 3 rings (SSSR count). The third kappa shape index (κ3) is 2.09. The Kier molecular flexibility index (Phi) is 2.76. The molecule has 0 amide bonds. The molecular formula is C14H12ClN3. The minimum Gasteiger partial charge on any atom is -0.376 e. The number of halogens is 1. The second-order valence-electron chi connectivity index (χ2n) is 4.34. The number of rotatable bonds is 1. The lowest BCUT2D eigenvalue weighted by atomic mass is 10.1. The normalized spacial score (nSPS) is 15.0. The molecule has 0 saturated heterocycles. The van der Waals surface area contributed by atoms with E-state index in [2.05, 4.69) is 20.9 Å². The van der Waals surface area contributed by atoms with Gasteiger partial charge in [0.05, 0.1) is 11.0 Å². The van der Waals surface area contributed by atoms with Gasteiger partial charge in [0, 0.05) is 19.8 Å². The largest absolute Gasteiger partial charge is 0.376 e. The Bertz CT molecular complexity index is 661. The van der Waals surface area contributed by atoms with Gasteiger partial charge < -0.3 is 4.90 Å². The lowest BCUT2D eigenvalue weighted by Crippen LogP contribution is -2.16. The van der Waals surface area contributed by atoms with E-state index in [4.69, 9.17) is 11.6 Å². The first-order chi connectivity index (χ1) is 8.72. The van der Waals surface area contributed by atoms with E-state index in [0.29, 0.717) is 5.15 Å². The van der Waals surface area contributed by atoms with Crippen molar-refractivity contribution in [1.29, 1.82) is 0 Å². The smallest absolute Gasteiger partial charge is 0.129 e. The maximum absolute atomic E-state index is 5.91. The summed E-state index contributed by atoms with van der Waals surface area (Å²) in [6, 6.07) is 5.68. The predicted molar refractivity (Wildman–Crippen MR) is 74.3 cm³/mol. The number of pyridine rings is 2. The number of aromatic nitrogens is 2. The third-order valence-electron chi connectivity index (χ3n) is 2.93. The summed E-state index contributed by atoms with van der Waals surface area (Å²) in [6.45, 7) is 0.879. The Labute approximate surface area is 110 Å². The molecule has 1 aliphatic heterocycles. The summed E-state index contributed by atoms with van der Waals surface area (Å²) >= 11 is 5.91. The van der Waals surface area contributed by atoms with Crippen LogP contribution in [0.5, 0.6) is 0 Å². The van der Waals surface area contributed by atoms with E-state index in [1.54, 1.807) is 6.07 Å². The first-order valence-corrected chi connectivity index (χ1v) is 6.10. The topological polar surface area (TPSA) is 29.0 Å². The highest BCUT2D eigenvalue weighted by molar-refractivity contribution is 6.29. The molecule has 0 atom stereocenters. The van der Waals surface area contributed by atoms with E-state index < -0.39 is 0 Å². The van der Waals surface area contributed by atoms with Gasteiger partial charge in [0.2, 0.25) is 0 Å². The van der Waals surface area contributed by atoms with Crippen molar-refractivity contribution >= 4 is 28.2 Å². The fraction of sp³-hybridized carbons (Fsp3) is 0.143. The van der Waals surface area contributed by atoms with Gasteiger partial charge in [-0.2, -0.15) is 0 Å². The number of hydrogen-bond donors (Lipinski definition) is 0. The van der Waals surface area contributed by atoms with E-state index in [1.165, 1.54) is 5.57 Å². The lowest BCUT2D eigenvalue weighted by Gasteiger charge is -2.19. The summed E-state index contributed by atoms with van der Waals surface area (Å²) in [5.41, 5.74) is 4.02. The Morgan fingerprint density at radius 2 is 2.17 bits per heavy atom. The van der Waals surface area contributed by atoms with E-state index in [9.17, 15) is 0 Å². The molecule has 2 aromatic rings. The van der Waals surface area contributed by atoms with Crippen LogP contribution in [0.2, 0.25) is 5.15 Å². The van der Waals surface area contributed by atoms with Gasteiger partial charge in [-0.25, -0.2) is 4.98 Å². The zero-order valence-corrected chi connectivity index (χ0v) is 10.7. The highest BCUT2D eigenvalue weighted by Gasteiger charge is 2.08. The highest BCUT2D eigenvalue weighted by Crippen LogP contribution is 2.22. The minimum atomic E-state index is 0.496. The molecule has 0 aliphatic carbocycles. The molecule has 0 radical (unpaired) electrons. The minimum absolute atomic E-state index is 0.496. The summed E-state index contributed by atoms with van der Waals surface area (Å²) in [5, 5.41) is 0.496. The van der Waals surface area contributed by atoms with Crippen molar-refractivity contribution in [3.05, 3.63) is 53.5 Å². The zero-order valence-electron chi connectivity index (χ0n) is 9.97. The maximum Gasteiger partial charge on any atom is 0.129 e. The third-order valence-corrected chi connectivity index (χ3v) is 3.14. The van der Waals surface area contributed by atoms with E-state index in [0.717, 1.165) is 23.1 Å². The average Bonchev–Trinajstić information content (AvgIpc) is 2.38. The Hall–Kier alpha value is -1.87. The molecule has 4 heteroatoms. The Morgan fingerprint density at radius 3 is 3.00 bits per heavy atom. The molecule has 0 bridgehead atoms. The van der Waals surface area contributed by atoms with Gasteiger partial charge in [-0.1, -0.05) is 17.7 Å². The molecule has 0 spiro atoms. The van der Waals surface area contributed by atoms with Crippen LogP contribution in [0.4, 0.5) is 0 Å². The van der Waals surface area contributed by atoms with Crippen molar-refractivity contribution in [2.45, 2.75) is 0 Å². The van der Waals surface area contributed by atoms with Crippen molar-refractivity contribution in [3.8, 4) is 0 Å². The zero-order chi connectivity index (χ0) is 12.5. The van der Waals surface area contributed by atoms with Crippen LogP contribution in [0.25, 0.3) is 16.6 Å². The van der Waals surface area contributed by atoms with Crippen LogP contribution in [0, 0.1) is 0 Å². The monoisotopic (exact) mass is 257 g/mol. The molecule has 1 aliphatic rings. The highest BCUT2D eigenvalue weighted by atomic mass is 35.5. The van der Waals surface area contributed by atoms with E-state index >= 15 is 0 Å². The van der Waals surface area contributed by atoms with E-state index in [1.807, 2.05) is 37.7 Å². The molecule has 0 aromatic carbocycles. The van der Waals surface area contributed by atoms with Gasteiger partial charge in [0.1, 0.15) is 5.15 Å². The second kappa shape index (κ2) is 4.42. The Morgan fingerprint density at radius 1 is 1.28 bits per heavy atom. The second-order valence-corrected chi connectivity index (χ2v) is 4.73. The quantitative estimate of drug-likeness (QED) is 0.735. The molecule has 18 heavy (non-hydrogen) atoms. The van der Waals surface area contributed by atoms with Crippen LogP contribution in [-0.4, -0.2) is 28.5 Å². The summed E-state index contributed by atoms with van der Waals surface area (Å²) in [4.78, 5) is 10.8. The number of hydrogen-bond acceptors (Lipinski definition) is 3. The van der Waals surface area contributed by atoms with Gasteiger partial charge >= 0.3 is 0 Å². The molecule has 3 nitrogen and oxygen atoms in total. The summed E-state index contributed by atoms with van der Waals surface area (Å²) in [7, 11) is 2.05. The van der Waals surface area contributed by atoms with Crippen LogP contribution in [0.15, 0.2) is 42.7 Å². The molecule has 0 fully saturated rings. The van der Waals surface area contributed by atoms with Crippen LogP contribution >= 0.6 is 11.6 Å². The summed E-state index contributed by atoms with van der Waals surface area (Å²) in [6.07, 6.45) is 8.08. The van der Waals surface area contributed by atoms with Gasteiger partial charge in [0.15, 0.2) is 0 Å².